The van der Waals surface area contributed by atoms with E-state index in [0.717, 1.165) is 10.5 Å². The molecule has 0 bridgehead atoms. The van der Waals surface area contributed by atoms with Crippen molar-refractivity contribution < 1.29 is 14.3 Å². The van der Waals surface area contributed by atoms with Crippen LogP contribution >= 0.6 is 11.8 Å². The molecule has 1 aromatic rings. The van der Waals surface area contributed by atoms with Crippen LogP contribution in [0, 0.1) is 0 Å². The second-order valence-electron chi connectivity index (χ2n) is 3.55. The van der Waals surface area contributed by atoms with Crippen LogP contribution in [0.3, 0.4) is 0 Å². The molecule has 0 radical (unpaired) electrons. The summed E-state index contributed by atoms with van der Waals surface area (Å²) in [5.74, 6) is 0.00148. The first-order valence-electron chi connectivity index (χ1n) is 4.78. The number of ether oxygens (including phenoxy) is 1. The topological polar surface area (TPSA) is 43.4 Å². The first kappa shape index (κ1) is 11.0. The molecule has 0 saturated carbocycles. The van der Waals surface area contributed by atoms with Crippen LogP contribution in [0.1, 0.15) is 12.5 Å². The molecule has 0 aromatic heterocycles. The molecule has 0 fully saturated rings. The fourth-order valence-corrected chi connectivity index (χ4v) is 2.31. The Bertz CT molecular complexity index is 491. The molecule has 0 aliphatic carbocycles. The van der Waals surface area contributed by atoms with E-state index < -0.39 is 5.97 Å². The smallest absolute Gasteiger partial charge is 0.338 e. The van der Waals surface area contributed by atoms with Crippen LogP contribution in [0.5, 0.6) is 5.75 Å². The molecular weight excluding hydrogens is 224 g/mol. The van der Waals surface area contributed by atoms with Crippen molar-refractivity contribution in [3.63, 3.8) is 0 Å². The lowest BCUT2D eigenvalue weighted by Gasteiger charge is -2.07. The molecule has 1 aliphatic heterocycles. The zero-order chi connectivity index (χ0) is 11.7. The predicted molar refractivity (Wildman–Crippen MR) is 61.5 cm³/mol. The largest absolute Gasteiger partial charge is 0.423 e. The normalized spacial score (nSPS) is 13.4. The van der Waals surface area contributed by atoms with Crippen LogP contribution in [0.25, 0.3) is 0 Å². The third-order valence-electron chi connectivity index (χ3n) is 2.19. The first-order valence-corrected chi connectivity index (χ1v) is 5.60. The van der Waals surface area contributed by atoms with E-state index in [-0.39, 0.29) is 5.12 Å². The van der Waals surface area contributed by atoms with Crippen molar-refractivity contribution in [2.45, 2.75) is 18.2 Å². The van der Waals surface area contributed by atoms with Gasteiger partial charge in [0.25, 0.3) is 0 Å². The van der Waals surface area contributed by atoms with E-state index in [4.69, 9.17) is 4.74 Å². The van der Waals surface area contributed by atoms with Gasteiger partial charge in [0.05, 0.1) is 0 Å². The number of rotatable bonds is 2. The summed E-state index contributed by atoms with van der Waals surface area (Å²) in [5, 5.41) is 0.0776. The van der Waals surface area contributed by atoms with E-state index in [1.54, 1.807) is 19.1 Å². The molecule has 1 aliphatic rings. The Morgan fingerprint density at radius 1 is 1.50 bits per heavy atom. The van der Waals surface area contributed by atoms with Crippen molar-refractivity contribution in [1.82, 2.24) is 0 Å². The fourth-order valence-electron chi connectivity index (χ4n) is 1.40. The van der Waals surface area contributed by atoms with Gasteiger partial charge in [-0.1, -0.05) is 24.4 Å². The highest BCUT2D eigenvalue weighted by Crippen LogP contribution is 2.38. The first-order chi connectivity index (χ1) is 7.58. The number of carbonyl (C=O) groups is 2. The lowest BCUT2D eigenvalue weighted by Crippen LogP contribution is -2.09. The third-order valence-corrected chi connectivity index (χ3v) is 3.16. The van der Waals surface area contributed by atoms with Gasteiger partial charge >= 0.3 is 5.97 Å². The highest BCUT2D eigenvalue weighted by Gasteiger charge is 2.23. The molecule has 0 spiro atoms. The number of thioether (sulfide) groups is 1. The minimum atomic E-state index is -0.460. The van der Waals surface area contributed by atoms with Gasteiger partial charge in [0.2, 0.25) is 0 Å². The van der Waals surface area contributed by atoms with Crippen LogP contribution in [0.2, 0.25) is 0 Å². The molecule has 82 valence electrons. The molecule has 0 atom stereocenters. The van der Waals surface area contributed by atoms with Crippen molar-refractivity contribution in [2.75, 3.05) is 0 Å². The molecule has 3 nitrogen and oxygen atoms in total. The number of hydrogen-bond acceptors (Lipinski definition) is 4. The molecule has 1 aromatic carbocycles. The number of carbonyl (C=O) groups excluding carboxylic acids is 2. The van der Waals surface area contributed by atoms with Crippen LogP contribution < -0.4 is 4.74 Å². The summed E-state index contributed by atoms with van der Waals surface area (Å²) in [4.78, 5) is 23.5. The summed E-state index contributed by atoms with van der Waals surface area (Å²) in [6, 6.07) is 5.31. The zero-order valence-corrected chi connectivity index (χ0v) is 9.60. The average Bonchev–Trinajstić information content (AvgIpc) is 2.59. The zero-order valence-electron chi connectivity index (χ0n) is 8.78. The summed E-state index contributed by atoms with van der Waals surface area (Å²) in [6.07, 6.45) is 0.319. The second-order valence-corrected chi connectivity index (χ2v) is 4.65. The maximum Gasteiger partial charge on any atom is 0.338 e. The molecule has 0 amide bonds. The lowest BCUT2D eigenvalue weighted by atomic mass is 10.1. The third kappa shape index (κ3) is 2.02. The van der Waals surface area contributed by atoms with Crippen molar-refractivity contribution in [3.8, 4) is 5.75 Å². The van der Waals surface area contributed by atoms with E-state index in [1.807, 2.05) is 6.07 Å². The summed E-state index contributed by atoms with van der Waals surface area (Å²) >= 11 is 1.19. The van der Waals surface area contributed by atoms with Crippen molar-refractivity contribution in [1.29, 1.82) is 0 Å². The van der Waals surface area contributed by atoms with Crippen LogP contribution in [0.4, 0.5) is 0 Å². The Morgan fingerprint density at radius 3 is 2.94 bits per heavy atom. The highest BCUT2D eigenvalue weighted by atomic mass is 32.2. The van der Waals surface area contributed by atoms with E-state index in [0.29, 0.717) is 17.7 Å². The molecule has 2 rings (SSSR count). The highest BCUT2D eigenvalue weighted by molar-refractivity contribution is 8.14. The minimum Gasteiger partial charge on any atom is -0.423 e. The van der Waals surface area contributed by atoms with Gasteiger partial charge in [0.15, 0.2) is 5.12 Å². The molecule has 0 unspecified atom stereocenters. The van der Waals surface area contributed by atoms with Gasteiger partial charge in [0, 0.05) is 22.5 Å². The summed E-state index contributed by atoms with van der Waals surface area (Å²) < 4.78 is 5.16. The maximum atomic E-state index is 11.4. The van der Waals surface area contributed by atoms with E-state index in [9.17, 15) is 9.59 Å². The van der Waals surface area contributed by atoms with Gasteiger partial charge < -0.3 is 4.74 Å². The monoisotopic (exact) mass is 234 g/mol. The van der Waals surface area contributed by atoms with E-state index in [2.05, 4.69) is 6.58 Å². The van der Waals surface area contributed by atoms with Gasteiger partial charge in [-0.05, 0) is 19.1 Å². The maximum absolute atomic E-state index is 11.4. The second kappa shape index (κ2) is 4.14. The van der Waals surface area contributed by atoms with Gasteiger partial charge in [-0.2, -0.15) is 0 Å². The molecular formula is C12H10O3S. The van der Waals surface area contributed by atoms with E-state index in [1.165, 1.54) is 11.8 Å². The number of benzene rings is 1. The fraction of sp³-hybridized carbons (Fsp3) is 0.167. The number of fused-ring (bicyclic) bond motifs is 1. The Labute approximate surface area is 97.5 Å². The van der Waals surface area contributed by atoms with E-state index >= 15 is 0 Å². The average molecular weight is 234 g/mol. The van der Waals surface area contributed by atoms with Crippen LogP contribution in [0.15, 0.2) is 35.2 Å². The Kier molecular flexibility index (Phi) is 2.83. The van der Waals surface area contributed by atoms with Crippen LogP contribution in [-0.4, -0.2) is 11.1 Å². The SMILES string of the molecule is C=C(C)C(=O)Oc1cccc2c1CC(=O)S2. The predicted octanol–water partition coefficient (Wildman–Crippen LogP) is 2.34. The van der Waals surface area contributed by atoms with Gasteiger partial charge in [-0.3, -0.25) is 4.79 Å². The molecule has 0 N–H and O–H groups in total. The standard InChI is InChI=1S/C12H10O3S/c1-7(2)12(14)15-9-4-3-5-10-8(9)6-11(13)16-10/h3-5H,1,6H2,2H3. The number of hydrogen-bond donors (Lipinski definition) is 0. The Balaban J connectivity index is 2.30. The minimum absolute atomic E-state index is 0.0776. The molecule has 16 heavy (non-hydrogen) atoms. The summed E-state index contributed by atoms with van der Waals surface area (Å²) in [7, 11) is 0. The Hall–Kier alpha value is -1.55. The van der Waals surface area contributed by atoms with Crippen LogP contribution in [-0.2, 0) is 16.0 Å². The Morgan fingerprint density at radius 2 is 2.25 bits per heavy atom. The molecule has 1 heterocycles. The summed E-state index contributed by atoms with van der Waals surface area (Å²) in [6.45, 7) is 5.10. The van der Waals surface area contributed by atoms with Crippen molar-refractivity contribution in [2.24, 2.45) is 0 Å². The lowest BCUT2D eigenvalue weighted by molar-refractivity contribution is -0.130. The molecule has 4 heteroatoms. The van der Waals surface area contributed by atoms with Gasteiger partial charge in [0.1, 0.15) is 5.75 Å². The number of esters is 1. The van der Waals surface area contributed by atoms with Crippen molar-refractivity contribution >= 4 is 22.8 Å². The quantitative estimate of drug-likeness (QED) is 0.447. The molecule has 0 saturated heterocycles. The van der Waals surface area contributed by atoms with Gasteiger partial charge in [-0.15, -0.1) is 0 Å². The van der Waals surface area contributed by atoms with Gasteiger partial charge in [-0.25, -0.2) is 4.79 Å². The summed E-state index contributed by atoms with van der Waals surface area (Å²) in [5.41, 5.74) is 1.14. The van der Waals surface area contributed by atoms with Crippen molar-refractivity contribution in [3.05, 3.63) is 35.9 Å².